The van der Waals surface area contributed by atoms with Crippen molar-refractivity contribution in [2.24, 2.45) is 5.92 Å². The third-order valence-corrected chi connectivity index (χ3v) is 3.51. The van der Waals surface area contributed by atoms with Crippen molar-refractivity contribution in [1.29, 1.82) is 0 Å². The number of carbonyl (C=O) groups excluding carboxylic acids is 1. The van der Waals surface area contributed by atoms with Crippen LogP contribution in [0.25, 0.3) is 0 Å². The summed E-state index contributed by atoms with van der Waals surface area (Å²) in [5.74, 6) is 0.358. The molecule has 0 radical (unpaired) electrons. The lowest BCUT2D eigenvalue weighted by Gasteiger charge is -2.00. The molecule has 1 fully saturated rings. The van der Waals surface area contributed by atoms with Crippen molar-refractivity contribution in [3.8, 4) is 5.06 Å². The highest BCUT2D eigenvalue weighted by atomic mass is 32.1. The summed E-state index contributed by atoms with van der Waals surface area (Å²) in [6.45, 7) is 1.90. The molecule has 5 nitrogen and oxygen atoms in total. The molecule has 0 N–H and O–H groups in total. The van der Waals surface area contributed by atoms with E-state index in [1.165, 1.54) is 13.0 Å². The summed E-state index contributed by atoms with van der Waals surface area (Å²) in [6.07, 6.45) is 2.25. The van der Waals surface area contributed by atoms with Crippen LogP contribution in [0.5, 0.6) is 5.06 Å². The van der Waals surface area contributed by atoms with Crippen LogP contribution in [-0.4, -0.2) is 17.3 Å². The van der Waals surface area contributed by atoms with E-state index in [1.807, 2.05) is 0 Å². The fourth-order valence-corrected chi connectivity index (χ4v) is 2.13. The van der Waals surface area contributed by atoms with Gasteiger partial charge < -0.3 is 4.74 Å². The van der Waals surface area contributed by atoms with E-state index in [4.69, 9.17) is 4.74 Å². The number of Topliss-reactive ketones (excluding diaryl/α,β-unsaturated/α-hetero) is 1. The van der Waals surface area contributed by atoms with Crippen LogP contribution >= 0.6 is 11.3 Å². The van der Waals surface area contributed by atoms with Crippen LogP contribution in [0.1, 0.15) is 29.4 Å². The van der Waals surface area contributed by atoms with Crippen molar-refractivity contribution in [1.82, 2.24) is 0 Å². The molecule has 0 saturated heterocycles. The highest BCUT2D eigenvalue weighted by Crippen LogP contribution is 2.39. The number of carbonyl (C=O) groups is 1. The summed E-state index contributed by atoms with van der Waals surface area (Å²) in [5.41, 5.74) is -0.101. The Labute approximate surface area is 96.2 Å². The van der Waals surface area contributed by atoms with Crippen LogP contribution < -0.4 is 4.74 Å². The minimum absolute atomic E-state index is 0.101. The van der Waals surface area contributed by atoms with E-state index in [2.05, 4.69) is 0 Å². The molecule has 0 bridgehead atoms. The highest BCUT2D eigenvalue weighted by molar-refractivity contribution is 7.16. The highest BCUT2D eigenvalue weighted by Gasteiger charge is 2.26. The molecular formula is C10H11NO4S. The molecule has 1 saturated carbocycles. The number of nitro groups is 1. The van der Waals surface area contributed by atoms with Gasteiger partial charge in [0.2, 0.25) is 0 Å². The van der Waals surface area contributed by atoms with Crippen molar-refractivity contribution in [3.63, 3.8) is 0 Å². The first kappa shape index (κ1) is 11.1. The average Bonchev–Trinajstić information content (AvgIpc) is 2.92. The van der Waals surface area contributed by atoms with Gasteiger partial charge in [0.1, 0.15) is 0 Å². The summed E-state index contributed by atoms with van der Waals surface area (Å²) < 4.78 is 5.38. The number of rotatable bonds is 5. The number of hydrogen-bond donors (Lipinski definition) is 0. The van der Waals surface area contributed by atoms with Crippen molar-refractivity contribution in [2.75, 3.05) is 6.61 Å². The third kappa shape index (κ3) is 2.38. The van der Waals surface area contributed by atoms with Crippen molar-refractivity contribution < 1.29 is 14.5 Å². The van der Waals surface area contributed by atoms with E-state index in [0.717, 1.165) is 24.2 Å². The maximum Gasteiger partial charge on any atom is 0.323 e. The zero-order valence-electron chi connectivity index (χ0n) is 8.76. The number of ether oxygens (including phenoxy) is 1. The second kappa shape index (κ2) is 4.21. The molecule has 1 aromatic heterocycles. The third-order valence-electron chi connectivity index (χ3n) is 2.37. The minimum atomic E-state index is -0.509. The van der Waals surface area contributed by atoms with E-state index in [-0.39, 0.29) is 16.5 Å². The Kier molecular flexibility index (Phi) is 2.91. The standard InChI is InChI=1S/C10H11NO4S/c1-6(12)9-4-8(11(13)14)10(16-9)15-5-7-2-3-7/h4,7H,2-3,5H2,1H3. The van der Waals surface area contributed by atoms with Crippen molar-refractivity contribution in [2.45, 2.75) is 19.8 Å². The van der Waals surface area contributed by atoms with E-state index in [0.29, 0.717) is 17.4 Å². The molecule has 0 amide bonds. The fraction of sp³-hybridized carbons (Fsp3) is 0.500. The van der Waals surface area contributed by atoms with E-state index in [1.54, 1.807) is 0 Å². The zero-order valence-corrected chi connectivity index (χ0v) is 9.58. The normalized spacial score (nSPS) is 14.8. The Hall–Kier alpha value is -1.43. The van der Waals surface area contributed by atoms with Crippen LogP contribution in [0, 0.1) is 16.0 Å². The Morgan fingerprint density at radius 2 is 2.38 bits per heavy atom. The second-order valence-electron chi connectivity index (χ2n) is 3.85. The molecule has 0 atom stereocenters. The van der Waals surface area contributed by atoms with Gasteiger partial charge in [-0.15, -0.1) is 0 Å². The summed E-state index contributed by atoms with van der Waals surface area (Å²) >= 11 is 1.05. The molecule has 6 heteroatoms. The first-order valence-electron chi connectivity index (χ1n) is 5.00. The maximum atomic E-state index is 11.1. The van der Waals surface area contributed by atoms with Crippen LogP contribution in [0.3, 0.4) is 0 Å². The summed E-state index contributed by atoms with van der Waals surface area (Å²) in [6, 6.07) is 1.29. The van der Waals surface area contributed by atoms with Gasteiger partial charge in [-0.25, -0.2) is 0 Å². The fourth-order valence-electron chi connectivity index (χ4n) is 1.25. The zero-order chi connectivity index (χ0) is 11.7. The number of ketones is 1. The van der Waals surface area contributed by atoms with Gasteiger partial charge >= 0.3 is 5.69 Å². The molecular weight excluding hydrogens is 230 g/mol. The maximum absolute atomic E-state index is 11.1. The molecule has 1 heterocycles. The molecule has 0 spiro atoms. The summed E-state index contributed by atoms with van der Waals surface area (Å²) in [5, 5.41) is 11.0. The van der Waals surface area contributed by atoms with E-state index >= 15 is 0 Å². The lowest BCUT2D eigenvalue weighted by molar-refractivity contribution is -0.385. The molecule has 1 aromatic rings. The van der Waals surface area contributed by atoms with Gasteiger partial charge in [0.05, 0.1) is 16.4 Å². The van der Waals surface area contributed by atoms with Crippen molar-refractivity contribution >= 4 is 22.8 Å². The van der Waals surface area contributed by atoms with Crippen LogP contribution in [0.15, 0.2) is 6.07 Å². The van der Waals surface area contributed by atoms with Gasteiger partial charge in [0, 0.05) is 6.07 Å². The SMILES string of the molecule is CC(=O)c1cc([N+](=O)[O-])c(OCC2CC2)s1. The molecule has 0 unspecified atom stereocenters. The number of nitrogens with zero attached hydrogens (tertiary/aromatic N) is 1. The lowest BCUT2D eigenvalue weighted by Crippen LogP contribution is -1.99. The van der Waals surface area contributed by atoms with Gasteiger partial charge in [-0.2, -0.15) is 0 Å². The Morgan fingerprint density at radius 3 is 2.88 bits per heavy atom. The van der Waals surface area contributed by atoms with Gasteiger partial charge in [0.15, 0.2) is 5.78 Å². The van der Waals surface area contributed by atoms with Gasteiger partial charge in [-0.1, -0.05) is 11.3 Å². The van der Waals surface area contributed by atoms with E-state index in [9.17, 15) is 14.9 Å². The van der Waals surface area contributed by atoms with Crippen LogP contribution in [0.2, 0.25) is 0 Å². The topological polar surface area (TPSA) is 69.4 Å². The predicted molar refractivity (Wildman–Crippen MR) is 59.2 cm³/mol. The van der Waals surface area contributed by atoms with Crippen molar-refractivity contribution in [3.05, 3.63) is 21.1 Å². The first-order chi connectivity index (χ1) is 7.58. The molecule has 0 aromatic carbocycles. The Balaban J connectivity index is 2.18. The van der Waals surface area contributed by atoms with Crippen LogP contribution in [-0.2, 0) is 0 Å². The smallest absolute Gasteiger partial charge is 0.323 e. The number of hydrogen-bond acceptors (Lipinski definition) is 5. The molecule has 2 rings (SSSR count). The summed E-state index contributed by atoms with van der Waals surface area (Å²) in [4.78, 5) is 21.7. The first-order valence-corrected chi connectivity index (χ1v) is 5.81. The van der Waals surface area contributed by atoms with Gasteiger partial charge in [-0.05, 0) is 25.7 Å². The van der Waals surface area contributed by atoms with Crippen LogP contribution in [0.4, 0.5) is 5.69 Å². The minimum Gasteiger partial charge on any atom is -0.479 e. The molecule has 0 aliphatic heterocycles. The molecule has 1 aliphatic rings. The quantitative estimate of drug-likeness (QED) is 0.451. The molecule has 16 heavy (non-hydrogen) atoms. The van der Waals surface area contributed by atoms with Gasteiger partial charge in [0.25, 0.3) is 5.06 Å². The monoisotopic (exact) mass is 241 g/mol. The average molecular weight is 241 g/mol. The van der Waals surface area contributed by atoms with Gasteiger partial charge in [-0.3, -0.25) is 14.9 Å². The van der Waals surface area contributed by atoms with E-state index < -0.39 is 4.92 Å². The summed E-state index contributed by atoms with van der Waals surface area (Å²) in [7, 11) is 0. The number of thiophene rings is 1. The Morgan fingerprint density at radius 1 is 1.69 bits per heavy atom. The predicted octanol–water partition coefficient (Wildman–Crippen LogP) is 2.65. The lowest BCUT2D eigenvalue weighted by atomic mass is 10.3. The second-order valence-corrected chi connectivity index (χ2v) is 4.87. The molecule has 1 aliphatic carbocycles. The largest absolute Gasteiger partial charge is 0.479 e. The Bertz CT molecular complexity index is 436. The molecule has 86 valence electrons.